The number of nitrogens with zero attached hydrogens (tertiary/aromatic N) is 6. The van der Waals surface area contributed by atoms with Crippen LogP contribution in [-0.4, -0.2) is 65.3 Å². The molecule has 5 rings (SSSR count). The fourth-order valence-electron chi connectivity index (χ4n) is 4.59. The summed E-state index contributed by atoms with van der Waals surface area (Å²) in [7, 11) is -2.66. The fraction of sp³-hybridized carbons (Fsp3) is 0.250. The average molecular weight is 583 g/mol. The van der Waals surface area contributed by atoms with Gasteiger partial charge in [0.1, 0.15) is 22.2 Å². The summed E-state index contributed by atoms with van der Waals surface area (Å²) in [6, 6.07) is 15.1. The van der Waals surface area contributed by atoms with Crippen molar-refractivity contribution in [2.75, 3.05) is 31.1 Å². The number of carbonyl (C=O) groups is 1. The van der Waals surface area contributed by atoms with Crippen molar-refractivity contribution in [2.24, 2.45) is 0 Å². The van der Waals surface area contributed by atoms with Gasteiger partial charge in [-0.2, -0.15) is 13.2 Å². The molecule has 0 bridgehead atoms. The van der Waals surface area contributed by atoms with E-state index >= 15 is 0 Å². The molecule has 0 aliphatic carbocycles. The smallest absolute Gasteiger partial charge is 0.352 e. The fourth-order valence-corrected chi connectivity index (χ4v) is 5.10. The molecule has 212 valence electrons. The van der Waals surface area contributed by atoms with Crippen molar-refractivity contribution >= 4 is 22.4 Å². The molecule has 13 heteroatoms. The topological polar surface area (TPSA) is 109 Å². The average Bonchev–Trinajstić information content (AvgIpc) is 2.97. The normalized spacial score (nSPS) is 14.0. The highest BCUT2D eigenvalue weighted by Gasteiger charge is 2.38. The van der Waals surface area contributed by atoms with Gasteiger partial charge < -0.3 is 9.80 Å². The Bertz CT molecular complexity index is 1610. The zero-order valence-corrected chi connectivity index (χ0v) is 22.8. The van der Waals surface area contributed by atoms with E-state index in [1.54, 1.807) is 71.3 Å². The van der Waals surface area contributed by atoms with Gasteiger partial charge in [-0.3, -0.25) is 9.78 Å². The predicted molar refractivity (Wildman–Crippen MR) is 147 cm³/mol. The van der Waals surface area contributed by atoms with Crippen molar-refractivity contribution < 1.29 is 26.4 Å². The summed E-state index contributed by atoms with van der Waals surface area (Å²) in [5, 5.41) is 0. The maximum absolute atomic E-state index is 14.1. The first-order chi connectivity index (χ1) is 19.6. The zero-order chi connectivity index (χ0) is 29.1. The van der Waals surface area contributed by atoms with Crippen molar-refractivity contribution in [1.29, 1.82) is 0 Å². The monoisotopic (exact) mass is 582 g/mol. The number of piperazine rings is 1. The molecule has 1 aliphatic heterocycles. The minimum atomic E-state index is -4.82. The Morgan fingerprint density at radius 2 is 1.56 bits per heavy atom. The van der Waals surface area contributed by atoms with Gasteiger partial charge in [0.05, 0.1) is 28.9 Å². The molecular formula is C28H25F3N6O3S. The maximum Gasteiger partial charge on any atom is 0.451 e. The van der Waals surface area contributed by atoms with E-state index in [0.717, 1.165) is 0 Å². The van der Waals surface area contributed by atoms with Crippen molar-refractivity contribution in [3.63, 3.8) is 0 Å². The van der Waals surface area contributed by atoms with E-state index in [0.29, 0.717) is 27.9 Å². The summed E-state index contributed by atoms with van der Waals surface area (Å²) in [4.78, 5) is 32.5. The highest BCUT2D eigenvalue weighted by atomic mass is 32.2. The molecule has 3 heterocycles. The first-order valence-electron chi connectivity index (χ1n) is 12.7. The molecule has 1 fully saturated rings. The molecule has 2 aromatic heterocycles. The van der Waals surface area contributed by atoms with Crippen LogP contribution in [0.5, 0.6) is 0 Å². The zero-order valence-electron chi connectivity index (χ0n) is 21.9. The predicted octanol–water partition coefficient (Wildman–Crippen LogP) is 4.00. The van der Waals surface area contributed by atoms with Crippen LogP contribution >= 0.6 is 0 Å². The molecule has 1 aliphatic rings. The van der Waals surface area contributed by atoms with Gasteiger partial charge in [0.15, 0.2) is 0 Å². The minimum Gasteiger partial charge on any atom is -0.352 e. The Kier molecular flexibility index (Phi) is 7.97. The van der Waals surface area contributed by atoms with Crippen molar-refractivity contribution in [2.45, 2.75) is 18.9 Å². The lowest BCUT2D eigenvalue weighted by molar-refractivity contribution is -0.144. The first-order valence-corrected chi connectivity index (χ1v) is 14.0. The number of anilines is 1. The molecule has 2 aromatic carbocycles. The Morgan fingerprint density at radius 1 is 0.878 bits per heavy atom. The lowest BCUT2D eigenvalue weighted by Crippen LogP contribution is -2.49. The van der Waals surface area contributed by atoms with Crippen LogP contribution in [0.15, 0.2) is 67.0 Å². The number of rotatable bonds is 6. The van der Waals surface area contributed by atoms with Crippen molar-refractivity contribution in [3.05, 3.63) is 89.8 Å². The van der Waals surface area contributed by atoms with Gasteiger partial charge >= 0.3 is 6.18 Å². The quantitative estimate of drug-likeness (QED) is 0.340. The number of benzene rings is 2. The second kappa shape index (κ2) is 11.6. The third kappa shape index (κ3) is 6.35. The number of aromatic nitrogens is 4. The van der Waals surface area contributed by atoms with Crippen LogP contribution in [0, 0.1) is 6.92 Å². The van der Waals surface area contributed by atoms with Crippen LogP contribution in [-0.2, 0) is 22.6 Å². The van der Waals surface area contributed by atoms with E-state index in [4.69, 9.17) is 0 Å². The summed E-state index contributed by atoms with van der Waals surface area (Å²) in [5.74, 6) is -1.68. The summed E-state index contributed by atoms with van der Waals surface area (Å²) in [6.45, 7) is 2.71. The largest absolute Gasteiger partial charge is 0.451 e. The number of aryl methyl sites for hydroxylation is 1. The second-order valence-corrected chi connectivity index (χ2v) is 10.4. The molecular weight excluding hydrogens is 557 g/mol. The first kappa shape index (κ1) is 28.1. The number of hydrogen-bond acceptors (Lipinski definition) is 8. The molecule has 1 amide bonds. The highest BCUT2D eigenvalue weighted by Crippen LogP contribution is 2.40. The van der Waals surface area contributed by atoms with Gasteiger partial charge in [0, 0.05) is 37.9 Å². The standard InChI is InChI=1S/C28H25F3N6O3S/c1-18-15-33-22(16-32-18)26(38)37-13-11-36(12-14-37)25-23(20-5-3-2-4-6-20)24(34-27(35-25)28(29,30)31)21-9-7-19(8-10-21)17-41(39)40/h2-10,15-16,41H,11-14,17H2,1H3. The Morgan fingerprint density at radius 3 is 2.15 bits per heavy atom. The van der Waals surface area contributed by atoms with Gasteiger partial charge in [-0.1, -0.05) is 54.6 Å². The number of carbonyl (C=O) groups excluding carboxylic acids is 1. The van der Waals surface area contributed by atoms with E-state index in [1.807, 2.05) is 0 Å². The second-order valence-electron chi connectivity index (χ2n) is 9.47. The summed E-state index contributed by atoms with van der Waals surface area (Å²) in [6.07, 6.45) is -1.91. The third-order valence-corrected chi connectivity index (χ3v) is 7.23. The van der Waals surface area contributed by atoms with Gasteiger partial charge in [-0.25, -0.2) is 23.4 Å². The molecule has 0 saturated carbocycles. The molecule has 1 saturated heterocycles. The highest BCUT2D eigenvalue weighted by molar-refractivity contribution is 7.71. The van der Waals surface area contributed by atoms with Crippen LogP contribution in [0.1, 0.15) is 27.6 Å². The van der Waals surface area contributed by atoms with Gasteiger partial charge in [0.2, 0.25) is 5.82 Å². The number of amides is 1. The Labute approximate surface area is 235 Å². The number of thiol groups is 1. The van der Waals surface area contributed by atoms with Crippen LogP contribution in [0.25, 0.3) is 22.4 Å². The van der Waals surface area contributed by atoms with E-state index in [1.165, 1.54) is 12.4 Å². The van der Waals surface area contributed by atoms with Crippen LogP contribution < -0.4 is 4.90 Å². The van der Waals surface area contributed by atoms with E-state index in [9.17, 15) is 26.4 Å². The molecule has 4 aromatic rings. The van der Waals surface area contributed by atoms with Gasteiger partial charge in [0.25, 0.3) is 5.91 Å². The molecule has 0 radical (unpaired) electrons. The molecule has 0 N–H and O–H groups in total. The van der Waals surface area contributed by atoms with E-state index < -0.39 is 22.7 Å². The third-order valence-electron chi connectivity index (χ3n) is 6.61. The van der Waals surface area contributed by atoms with Crippen LogP contribution in [0.4, 0.5) is 19.0 Å². The number of halogens is 3. The summed E-state index contributed by atoms with van der Waals surface area (Å²) < 4.78 is 64.5. The van der Waals surface area contributed by atoms with Crippen LogP contribution in [0.3, 0.4) is 0 Å². The lowest BCUT2D eigenvalue weighted by atomic mass is 9.98. The molecule has 9 nitrogen and oxygen atoms in total. The van der Waals surface area contributed by atoms with Crippen LogP contribution in [0.2, 0.25) is 0 Å². The van der Waals surface area contributed by atoms with Gasteiger partial charge in [-0.15, -0.1) is 0 Å². The van der Waals surface area contributed by atoms with Crippen molar-refractivity contribution in [1.82, 2.24) is 24.8 Å². The maximum atomic E-state index is 14.1. The molecule has 0 unspecified atom stereocenters. The molecule has 41 heavy (non-hydrogen) atoms. The molecule has 0 atom stereocenters. The number of hydrogen-bond donors (Lipinski definition) is 1. The summed E-state index contributed by atoms with van der Waals surface area (Å²) in [5.41, 5.74) is 2.86. The Balaban J connectivity index is 1.56. The van der Waals surface area contributed by atoms with Gasteiger partial charge in [-0.05, 0) is 18.1 Å². The summed E-state index contributed by atoms with van der Waals surface area (Å²) >= 11 is 0. The van der Waals surface area contributed by atoms with E-state index in [-0.39, 0.29) is 55.0 Å². The minimum absolute atomic E-state index is 0.0695. The van der Waals surface area contributed by atoms with Crippen molar-refractivity contribution in [3.8, 4) is 22.4 Å². The Hall–Kier alpha value is -4.39. The SMILES string of the molecule is Cc1cnc(C(=O)N2CCN(c3nc(C(F)(F)F)nc(-c4ccc(C[SH](=O)=O)cc4)c3-c3ccccc3)CC2)cn1. The number of alkyl halides is 3. The molecule has 0 spiro atoms. The lowest BCUT2D eigenvalue weighted by Gasteiger charge is -2.36. The van der Waals surface area contributed by atoms with E-state index in [2.05, 4.69) is 19.9 Å².